The predicted molar refractivity (Wildman–Crippen MR) is 171 cm³/mol. The van der Waals surface area contributed by atoms with E-state index in [-0.39, 0.29) is 84.2 Å². The lowest BCUT2D eigenvalue weighted by Crippen LogP contribution is -2.51. The van der Waals surface area contributed by atoms with Gasteiger partial charge in [0.2, 0.25) is 0 Å². The molecule has 10 nitrogen and oxygen atoms in total. The molecule has 3 N–H and O–H groups in total. The van der Waals surface area contributed by atoms with E-state index in [1.165, 1.54) is 12.1 Å². The quantitative estimate of drug-likeness (QED) is 0.269. The minimum absolute atomic E-state index is 0.000575. The molecule has 0 spiro atoms. The Hall–Kier alpha value is -3.54. The number of halogens is 3. The zero-order valence-electron chi connectivity index (χ0n) is 25.0. The van der Waals surface area contributed by atoms with Gasteiger partial charge in [-0.05, 0) is 37.9 Å². The number of nitrogens with zero attached hydrogens (tertiary/aromatic N) is 4. The number of hydrogen-bond acceptors (Lipinski definition) is 11. The third-order valence-electron chi connectivity index (χ3n) is 9.75. The van der Waals surface area contributed by atoms with E-state index in [1.807, 2.05) is 7.05 Å². The number of thiophene rings is 1. The van der Waals surface area contributed by atoms with Gasteiger partial charge in [-0.15, -0.1) is 11.3 Å². The fourth-order valence-electron chi connectivity index (χ4n) is 7.41. The van der Waals surface area contributed by atoms with Gasteiger partial charge in [-0.2, -0.15) is 15.2 Å². The number of aromatic nitrogens is 2. The maximum atomic E-state index is 17.2. The number of hydrogen-bond donors (Lipinski definition) is 2. The van der Waals surface area contributed by atoms with Gasteiger partial charge in [0.15, 0.2) is 11.6 Å². The van der Waals surface area contributed by atoms with Crippen molar-refractivity contribution in [2.75, 3.05) is 63.8 Å². The molecule has 5 aliphatic rings. The van der Waals surface area contributed by atoms with Crippen molar-refractivity contribution in [2.24, 2.45) is 11.3 Å². The second-order valence-electron chi connectivity index (χ2n) is 12.6. The lowest BCUT2D eigenvalue weighted by molar-refractivity contribution is 0.0196. The molecule has 14 heteroatoms. The molecule has 4 fully saturated rings. The van der Waals surface area contributed by atoms with Crippen LogP contribution in [0.25, 0.3) is 32.1 Å². The first-order valence-electron chi connectivity index (χ1n) is 15.3. The topological polar surface area (TPSA) is 128 Å². The van der Waals surface area contributed by atoms with E-state index in [4.69, 9.17) is 41.3 Å². The van der Waals surface area contributed by atoms with E-state index in [2.05, 4.69) is 21.3 Å². The highest BCUT2D eigenvalue weighted by atomic mass is 35.5. The number of benzene rings is 2. The van der Waals surface area contributed by atoms with Gasteiger partial charge in [-0.3, -0.25) is 0 Å². The first-order valence-corrected chi connectivity index (χ1v) is 16.5. The van der Waals surface area contributed by atoms with Crippen LogP contribution in [0.3, 0.4) is 0 Å². The molecule has 2 bridgehead atoms. The average Bonchev–Trinajstić information content (AvgIpc) is 3.74. The van der Waals surface area contributed by atoms with Crippen molar-refractivity contribution >= 4 is 54.7 Å². The van der Waals surface area contributed by atoms with Crippen LogP contribution in [0.15, 0.2) is 12.1 Å². The number of anilines is 2. The molecule has 0 amide bonds. The van der Waals surface area contributed by atoms with Crippen LogP contribution in [0, 0.1) is 34.3 Å². The van der Waals surface area contributed by atoms with E-state index < -0.39 is 11.6 Å². The third-order valence-corrected chi connectivity index (χ3v) is 11.1. The molecular formula is C32H31ClF2N6O4S. The Morgan fingerprint density at radius 2 is 2.11 bits per heavy atom. The summed E-state index contributed by atoms with van der Waals surface area (Å²) in [6.45, 7) is 3.47. The Morgan fingerprint density at radius 1 is 1.26 bits per heavy atom. The summed E-state index contributed by atoms with van der Waals surface area (Å²) in [5.74, 6) is -0.693. The SMILES string of the molecule is CNCCN1c2nc(OCC34COC(C3)C4)nc3c(F)c(-c4ccc(F)c5sc(N)c(C#N)c45)c(Cl)c(c23)OCC2COCCC21. The van der Waals surface area contributed by atoms with Crippen molar-refractivity contribution in [1.29, 1.82) is 5.26 Å². The maximum Gasteiger partial charge on any atom is 0.319 e. The standard InChI is InChI=1S/C32H31ClF2N6O4S/c1-38-5-6-41-20-4-7-42-11-15(20)12-43-27-23-26(39-31(40-30(23)41)45-14-32-8-16(9-32)44-13-32)25(35)22(24(27)33)17-2-3-19(34)28-21(17)18(10-36)29(37)46-28/h2-3,15-16,20,38H,4-9,11-14,37H2,1H3. The summed E-state index contributed by atoms with van der Waals surface area (Å²) in [6, 6.07) is 4.72. The molecule has 1 aliphatic carbocycles. The van der Waals surface area contributed by atoms with Crippen molar-refractivity contribution in [1.82, 2.24) is 15.3 Å². The van der Waals surface area contributed by atoms with Gasteiger partial charge in [0.05, 0.1) is 53.2 Å². The molecule has 1 saturated carbocycles. The summed E-state index contributed by atoms with van der Waals surface area (Å²) >= 11 is 8.04. The van der Waals surface area contributed by atoms with Crippen molar-refractivity contribution in [3.63, 3.8) is 0 Å². The largest absolute Gasteiger partial charge is 0.491 e. The van der Waals surface area contributed by atoms with E-state index in [1.54, 1.807) is 0 Å². The Balaban J connectivity index is 1.39. The number of nitrogens with one attached hydrogen (secondary N) is 1. The highest BCUT2D eigenvalue weighted by Crippen LogP contribution is 2.52. The first-order chi connectivity index (χ1) is 22.3. The van der Waals surface area contributed by atoms with Gasteiger partial charge in [-0.25, -0.2) is 8.78 Å². The summed E-state index contributed by atoms with van der Waals surface area (Å²) < 4.78 is 56.7. The summed E-state index contributed by atoms with van der Waals surface area (Å²) in [6.07, 6.45) is 2.80. The van der Waals surface area contributed by atoms with Gasteiger partial charge in [0, 0.05) is 48.0 Å². The Bertz CT molecular complexity index is 1920. The lowest BCUT2D eigenvalue weighted by atomic mass is 9.71. The fraction of sp³-hybridized carbons (Fsp3) is 0.469. The number of rotatable bonds is 7. The molecule has 2 aromatic heterocycles. The summed E-state index contributed by atoms with van der Waals surface area (Å²) in [7, 11) is 1.88. The summed E-state index contributed by atoms with van der Waals surface area (Å²) in [5.41, 5.74) is 6.17. The molecule has 3 saturated heterocycles. The Kier molecular flexibility index (Phi) is 7.34. The monoisotopic (exact) mass is 668 g/mol. The zero-order valence-corrected chi connectivity index (χ0v) is 26.6. The molecule has 2 atom stereocenters. The van der Waals surface area contributed by atoms with E-state index >= 15 is 8.78 Å². The van der Waals surface area contributed by atoms with Crippen LogP contribution in [0.2, 0.25) is 5.02 Å². The minimum Gasteiger partial charge on any atom is -0.491 e. The van der Waals surface area contributed by atoms with Crippen molar-refractivity contribution in [2.45, 2.75) is 31.4 Å². The van der Waals surface area contributed by atoms with Crippen molar-refractivity contribution < 1.29 is 27.7 Å². The van der Waals surface area contributed by atoms with Crippen LogP contribution in [-0.2, 0) is 9.47 Å². The minimum atomic E-state index is -0.758. The molecule has 2 aromatic carbocycles. The van der Waals surface area contributed by atoms with Crippen molar-refractivity contribution in [3.8, 4) is 29.0 Å². The summed E-state index contributed by atoms with van der Waals surface area (Å²) in [5, 5.41) is 13.8. The van der Waals surface area contributed by atoms with Crippen LogP contribution in [0.1, 0.15) is 24.8 Å². The number of nitriles is 1. The molecule has 4 aliphatic heterocycles. The first kappa shape index (κ1) is 29.8. The number of nitrogens with two attached hydrogens (primary N) is 1. The van der Waals surface area contributed by atoms with E-state index in [0.717, 1.165) is 30.6 Å². The van der Waals surface area contributed by atoms with Crippen LogP contribution in [0.4, 0.5) is 19.6 Å². The number of likely N-dealkylation sites (N-methyl/N-ethyl adjacent to an activating group) is 1. The molecule has 2 unspecified atom stereocenters. The van der Waals surface area contributed by atoms with Crippen LogP contribution >= 0.6 is 22.9 Å². The van der Waals surface area contributed by atoms with Gasteiger partial charge < -0.3 is 34.9 Å². The number of ether oxygens (including phenoxy) is 4. The van der Waals surface area contributed by atoms with Crippen LogP contribution < -0.4 is 25.4 Å². The lowest BCUT2D eigenvalue weighted by Gasteiger charge is -2.42. The smallest absolute Gasteiger partial charge is 0.319 e. The average molecular weight is 669 g/mol. The summed E-state index contributed by atoms with van der Waals surface area (Å²) in [4.78, 5) is 11.7. The van der Waals surface area contributed by atoms with E-state index in [9.17, 15) is 5.26 Å². The zero-order chi connectivity index (χ0) is 31.7. The normalized spacial score (nSPS) is 25.0. The number of nitrogen functional groups attached to an aromatic ring is 1. The van der Waals surface area contributed by atoms with Gasteiger partial charge in [0.1, 0.15) is 28.2 Å². The molecular weight excluding hydrogens is 638 g/mol. The third kappa shape index (κ3) is 4.57. The Labute approximate surface area is 272 Å². The molecule has 9 rings (SSSR count). The molecule has 6 heterocycles. The molecule has 46 heavy (non-hydrogen) atoms. The van der Waals surface area contributed by atoms with Crippen LogP contribution in [-0.4, -0.2) is 75.3 Å². The van der Waals surface area contributed by atoms with Gasteiger partial charge in [-0.1, -0.05) is 17.7 Å². The second kappa shape index (κ2) is 11.3. The molecule has 4 aromatic rings. The van der Waals surface area contributed by atoms with Crippen molar-refractivity contribution in [3.05, 3.63) is 34.4 Å². The number of fused-ring (bicyclic) bond motifs is 3. The maximum absolute atomic E-state index is 17.2. The highest BCUT2D eigenvalue weighted by molar-refractivity contribution is 7.23. The van der Waals surface area contributed by atoms with E-state index in [0.29, 0.717) is 50.7 Å². The van der Waals surface area contributed by atoms with Crippen LogP contribution in [0.5, 0.6) is 11.8 Å². The Morgan fingerprint density at radius 3 is 2.87 bits per heavy atom. The van der Waals surface area contributed by atoms with Gasteiger partial charge in [0.25, 0.3) is 0 Å². The fourth-order valence-corrected chi connectivity index (χ4v) is 8.69. The highest BCUT2D eigenvalue weighted by Gasteiger charge is 2.52. The second-order valence-corrected chi connectivity index (χ2v) is 14.0. The molecule has 0 radical (unpaired) electrons. The molecule has 240 valence electrons. The van der Waals surface area contributed by atoms with Gasteiger partial charge >= 0.3 is 6.01 Å². The predicted octanol–water partition coefficient (Wildman–Crippen LogP) is 5.28.